The molecule has 5 nitrogen and oxygen atoms in total. The van der Waals surface area contributed by atoms with Gasteiger partial charge < -0.3 is 20.6 Å². The van der Waals surface area contributed by atoms with Crippen molar-refractivity contribution in [2.24, 2.45) is 0 Å². The fraction of sp³-hybridized carbons (Fsp3) is 0.316. The lowest BCUT2D eigenvalue weighted by molar-refractivity contribution is -0.123. The second kappa shape index (κ2) is 8.09. The summed E-state index contributed by atoms with van der Waals surface area (Å²) in [6.07, 6.45) is 0. The van der Waals surface area contributed by atoms with E-state index in [0.717, 1.165) is 23.4 Å². The smallest absolute Gasteiger partial charge is 0.239 e. The summed E-state index contributed by atoms with van der Waals surface area (Å²) in [5.74, 6) is -0.321. The number of nitrogens with zero attached hydrogens (tertiary/aromatic N) is 1. The summed E-state index contributed by atoms with van der Waals surface area (Å²) in [6.45, 7) is 2.47. The van der Waals surface area contributed by atoms with Crippen LogP contribution in [0.2, 0.25) is 0 Å². The first-order valence-electron chi connectivity index (χ1n) is 8.36. The summed E-state index contributed by atoms with van der Waals surface area (Å²) < 4.78 is 13.1. The molecule has 0 bridgehead atoms. The van der Waals surface area contributed by atoms with Gasteiger partial charge >= 0.3 is 0 Å². The molecule has 0 aromatic heterocycles. The van der Waals surface area contributed by atoms with E-state index in [4.69, 9.17) is 5.11 Å². The predicted molar refractivity (Wildman–Crippen MR) is 94.6 cm³/mol. The van der Waals surface area contributed by atoms with Gasteiger partial charge in [0.1, 0.15) is 11.9 Å². The van der Waals surface area contributed by atoms with Crippen LogP contribution >= 0.6 is 0 Å². The van der Waals surface area contributed by atoms with Gasteiger partial charge in [-0.05, 0) is 35.4 Å². The summed E-state index contributed by atoms with van der Waals surface area (Å²) in [4.78, 5) is 14.5. The molecule has 2 aromatic carbocycles. The number of anilines is 1. The molecule has 1 saturated heterocycles. The number of piperazine rings is 1. The maximum Gasteiger partial charge on any atom is 0.239 e. The molecule has 1 amide bonds. The number of halogens is 1. The van der Waals surface area contributed by atoms with E-state index in [0.29, 0.717) is 19.6 Å². The second-order valence-electron chi connectivity index (χ2n) is 6.12. The van der Waals surface area contributed by atoms with Gasteiger partial charge in [-0.15, -0.1) is 0 Å². The average molecular weight is 343 g/mol. The van der Waals surface area contributed by atoms with Crippen molar-refractivity contribution in [1.82, 2.24) is 10.6 Å². The first-order chi connectivity index (χ1) is 12.2. The van der Waals surface area contributed by atoms with Crippen molar-refractivity contribution in [2.75, 3.05) is 24.5 Å². The molecule has 3 N–H and O–H groups in total. The Morgan fingerprint density at radius 1 is 1.16 bits per heavy atom. The topological polar surface area (TPSA) is 64.6 Å². The van der Waals surface area contributed by atoms with E-state index in [1.165, 1.54) is 12.1 Å². The van der Waals surface area contributed by atoms with Crippen molar-refractivity contribution in [3.05, 3.63) is 65.5 Å². The van der Waals surface area contributed by atoms with Gasteiger partial charge in [0.2, 0.25) is 5.91 Å². The maximum absolute atomic E-state index is 13.1. The highest BCUT2D eigenvalue weighted by Crippen LogP contribution is 2.16. The van der Waals surface area contributed by atoms with Crippen LogP contribution in [0.1, 0.15) is 11.1 Å². The van der Waals surface area contributed by atoms with E-state index in [2.05, 4.69) is 15.5 Å². The van der Waals surface area contributed by atoms with E-state index >= 15 is 0 Å². The third kappa shape index (κ3) is 4.55. The SMILES string of the molecule is O=C(NCc1ccc(CO)cc1)[C@@H]1CN(c2ccc(F)cc2)CCN1. The van der Waals surface area contributed by atoms with Crippen molar-refractivity contribution < 1.29 is 14.3 Å². The molecule has 0 unspecified atom stereocenters. The van der Waals surface area contributed by atoms with Crippen LogP contribution in [0.25, 0.3) is 0 Å². The molecular weight excluding hydrogens is 321 g/mol. The lowest BCUT2D eigenvalue weighted by Gasteiger charge is -2.34. The Morgan fingerprint density at radius 2 is 1.84 bits per heavy atom. The monoisotopic (exact) mass is 343 g/mol. The number of aliphatic hydroxyl groups is 1. The number of benzene rings is 2. The lowest BCUT2D eigenvalue weighted by Crippen LogP contribution is -2.57. The minimum Gasteiger partial charge on any atom is -0.392 e. The Balaban J connectivity index is 1.55. The van der Waals surface area contributed by atoms with Crippen LogP contribution in [0.4, 0.5) is 10.1 Å². The number of carbonyl (C=O) groups excluding carboxylic acids is 1. The first-order valence-corrected chi connectivity index (χ1v) is 8.36. The third-order valence-corrected chi connectivity index (χ3v) is 4.36. The molecule has 0 spiro atoms. The molecule has 1 aliphatic rings. The van der Waals surface area contributed by atoms with Gasteiger partial charge in [0.05, 0.1) is 6.61 Å². The third-order valence-electron chi connectivity index (χ3n) is 4.36. The average Bonchev–Trinajstić information content (AvgIpc) is 2.67. The van der Waals surface area contributed by atoms with Crippen LogP contribution < -0.4 is 15.5 Å². The van der Waals surface area contributed by atoms with Gasteiger partial charge in [0, 0.05) is 31.9 Å². The Labute approximate surface area is 146 Å². The number of rotatable bonds is 5. The summed E-state index contributed by atoms with van der Waals surface area (Å²) in [7, 11) is 0. The number of hydrogen-bond acceptors (Lipinski definition) is 4. The zero-order valence-corrected chi connectivity index (χ0v) is 13.9. The molecule has 0 aliphatic carbocycles. The van der Waals surface area contributed by atoms with Crippen LogP contribution in [-0.2, 0) is 17.9 Å². The molecule has 1 heterocycles. The Hall–Kier alpha value is -2.44. The molecule has 132 valence electrons. The Bertz CT molecular complexity index is 704. The standard InChI is InChI=1S/C19H22FN3O2/c20-16-5-7-17(8-6-16)23-10-9-21-18(12-23)19(25)22-11-14-1-3-15(13-24)4-2-14/h1-8,18,21,24H,9-13H2,(H,22,25)/t18-/m0/s1. The van der Waals surface area contributed by atoms with Gasteiger partial charge in [-0.3, -0.25) is 4.79 Å². The number of carbonyl (C=O) groups is 1. The van der Waals surface area contributed by atoms with Gasteiger partial charge in [0.25, 0.3) is 0 Å². The lowest BCUT2D eigenvalue weighted by atomic mass is 10.1. The summed E-state index contributed by atoms with van der Waals surface area (Å²) >= 11 is 0. The molecule has 25 heavy (non-hydrogen) atoms. The fourth-order valence-electron chi connectivity index (χ4n) is 2.89. The Morgan fingerprint density at radius 3 is 2.52 bits per heavy atom. The largest absolute Gasteiger partial charge is 0.392 e. The van der Waals surface area contributed by atoms with Crippen LogP contribution in [0.5, 0.6) is 0 Å². The number of aliphatic hydroxyl groups excluding tert-OH is 1. The van der Waals surface area contributed by atoms with Crippen molar-refractivity contribution >= 4 is 11.6 Å². The molecule has 6 heteroatoms. The fourth-order valence-corrected chi connectivity index (χ4v) is 2.89. The minimum atomic E-state index is -0.310. The highest BCUT2D eigenvalue weighted by Gasteiger charge is 2.25. The molecule has 0 saturated carbocycles. The van der Waals surface area contributed by atoms with Crippen LogP contribution in [0, 0.1) is 5.82 Å². The normalized spacial score (nSPS) is 17.4. The van der Waals surface area contributed by atoms with E-state index in [-0.39, 0.29) is 24.4 Å². The zero-order valence-electron chi connectivity index (χ0n) is 13.9. The molecule has 2 aromatic rings. The van der Waals surface area contributed by atoms with Gasteiger partial charge in [-0.1, -0.05) is 24.3 Å². The van der Waals surface area contributed by atoms with Gasteiger partial charge in [-0.25, -0.2) is 4.39 Å². The minimum absolute atomic E-state index is 0.0118. The van der Waals surface area contributed by atoms with Crippen molar-refractivity contribution in [3.63, 3.8) is 0 Å². The van der Waals surface area contributed by atoms with E-state index in [1.54, 1.807) is 12.1 Å². The number of amides is 1. The highest BCUT2D eigenvalue weighted by molar-refractivity contribution is 5.82. The number of nitrogens with one attached hydrogen (secondary N) is 2. The van der Waals surface area contributed by atoms with Crippen LogP contribution in [0.3, 0.4) is 0 Å². The molecule has 0 radical (unpaired) electrons. The van der Waals surface area contributed by atoms with Crippen molar-refractivity contribution in [3.8, 4) is 0 Å². The van der Waals surface area contributed by atoms with Gasteiger partial charge in [0.15, 0.2) is 0 Å². The second-order valence-corrected chi connectivity index (χ2v) is 6.12. The quantitative estimate of drug-likeness (QED) is 0.768. The highest BCUT2D eigenvalue weighted by atomic mass is 19.1. The summed E-state index contributed by atoms with van der Waals surface area (Å²) in [6, 6.07) is 13.5. The number of hydrogen-bond donors (Lipinski definition) is 3. The first kappa shape index (κ1) is 17.4. The predicted octanol–water partition coefficient (Wildman–Crippen LogP) is 1.41. The maximum atomic E-state index is 13.1. The summed E-state index contributed by atoms with van der Waals surface area (Å²) in [5.41, 5.74) is 2.75. The van der Waals surface area contributed by atoms with E-state index in [1.807, 2.05) is 24.3 Å². The molecule has 1 atom stereocenters. The molecule has 1 fully saturated rings. The van der Waals surface area contributed by atoms with Crippen molar-refractivity contribution in [2.45, 2.75) is 19.2 Å². The zero-order chi connectivity index (χ0) is 17.6. The molecular formula is C19H22FN3O2. The molecule has 3 rings (SSSR count). The van der Waals surface area contributed by atoms with Crippen LogP contribution in [0.15, 0.2) is 48.5 Å². The van der Waals surface area contributed by atoms with E-state index < -0.39 is 0 Å². The van der Waals surface area contributed by atoms with Crippen molar-refractivity contribution in [1.29, 1.82) is 0 Å². The Kier molecular flexibility index (Phi) is 5.63. The van der Waals surface area contributed by atoms with Gasteiger partial charge in [-0.2, -0.15) is 0 Å². The molecule has 1 aliphatic heterocycles. The van der Waals surface area contributed by atoms with E-state index in [9.17, 15) is 9.18 Å². The van der Waals surface area contributed by atoms with Crippen LogP contribution in [-0.4, -0.2) is 36.7 Å². The summed E-state index contributed by atoms with van der Waals surface area (Å²) in [5, 5.41) is 15.2.